The lowest BCUT2D eigenvalue weighted by molar-refractivity contribution is -0.277. The number of allylic oxidation sites excluding steroid dienone is 2. The van der Waals surface area contributed by atoms with Gasteiger partial charge in [0.15, 0.2) is 0 Å². The molecule has 9 heteroatoms. The van der Waals surface area contributed by atoms with E-state index in [1.807, 2.05) is 0 Å². The molecule has 1 aliphatic heterocycles. The molecule has 8 aliphatic carbocycles. The first-order chi connectivity index (χ1) is 35.0. The number of amides is 1. The van der Waals surface area contributed by atoms with Crippen molar-refractivity contribution in [2.75, 3.05) is 6.61 Å². The van der Waals surface area contributed by atoms with Crippen LogP contribution in [0.15, 0.2) is 11.6 Å². The number of carbonyl (C=O) groups is 1. The van der Waals surface area contributed by atoms with Crippen LogP contribution in [-0.2, 0) is 9.53 Å². The maximum atomic E-state index is 14.2. The van der Waals surface area contributed by atoms with Gasteiger partial charge in [-0.3, -0.25) is 4.79 Å². The number of rotatable bonds is 10. The zero-order valence-electron chi connectivity index (χ0n) is 50.3. The maximum absolute atomic E-state index is 14.2. The second kappa shape index (κ2) is 20.4. The van der Waals surface area contributed by atoms with Gasteiger partial charge in [-0.1, -0.05) is 135 Å². The van der Waals surface area contributed by atoms with Crippen LogP contribution in [0, 0.1) is 145 Å². The summed E-state index contributed by atoms with van der Waals surface area (Å²) >= 11 is 0. The lowest BCUT2D eigenvalue weighted by atomic mass is 9.30. The van der Waals surface area contributed by atoms with Gasteiger partial charge in [0.05, 0.1) is 24.9 Å². The molecule has 30 atom stereocenters. The Kier molecular flexibility index (Phi) is 16.0. The molecule has 7 saturated carbocycles. The van der Waals surface area contributed by atoms with Gasteiger partial charge < -0.3 is 41.1 Å². The predicted octanol–water partition coefficient (Wildman–Crippen LogP) is 11.5. The molecule has 0 bridgehead atoms. The van der Waals surface area contributed by atoms with Gasteiger partial charge in [0, 0.05) is 11.8 Å². The van der Waals surface area contributed by atoms with Gasteiger partial charge in [0.1, 0.15) is 24.4 Å². The van der Waals surface area contributed by atoms with Gasteiger partial charge in [0.25, 0.3) is 0 Å². The Bertz CT molecular complexity index is 2090. The van der Waals surface area contributed by atoms with Crippen molar-refractivity contribution >= 4 is 5.91 Å². The largest absolute Gasteiger partial charge is 0.394 e. The highest BCUT2D eigenvalue weighted by Crippen LogP contribution is 2.80. The standard InChI is InChI=1S/C66H113NO8/c1-17-19-39-28-42-41(38(9)54(39)69)27-36(7)65(15)44(43-29-40(33(3)4)52(56(71)51(42)43)59-58(73)57(72)55(70)48(32-68)75-59)22-24-62(12)49-21-20-45-47-31-61(10,11)46(26-35(6)34(5)18-2)53(60(67)74)66(47,16)37(8)30-64(45,14)63(49,13)25-23-50(62)65/h20,33-44,46-59,68-73H,17-19,21-32H2,1-16H3,(H2,67,74)/t34?,35?,36-,37+,38+,39-,40+,41+,42?,43?,44?,46+,47?,48+,49?,50?,51?,52?,53?,54-,55+,56+,57-,58+,59?,62+,63+,64+,65-,66+/m0/s1. The molecule has 12 unspecified atom stereocenters. The lowest BCUT2D eigenvalue weighted by Crippen LogP contribution is -2.69. The van der Waals surface area contributed by atoms with Crippen LogP contribution in [0.25, 0.3) is 0 Å². The molecule has 0 aromatic rings. The number of fused-ring (bicyclic) bond motifs is 13. The number of hydrogen-bond acceptors (Lipinski definition) is 8. The monoisotopic (exact) mass is 1050 g/mol. The van der Waals surface area contributed by atoms with Crippen molar-refractivity contribution in [2.45, 2.75) is 243 Å². The van der Waals surface area contributed by atoms with Crippen LogP contribution in [0.3, 0.4) is 0 Å². The second-order valence-electron chi connectivity index (χ2n) is 31.5. The minimum absolute atomic E-state index is 0.00861. The fourth-order valence-electron chi connectivity index (χ4n) is 23.4. The number of aliphatic hydroxyl groups is 6. The molecule has 8 fully saturated rings. The van der Waals surface area contributed by atoms with Gasteiger partial charge in [-0.25, -0.2) is 0 Å². The molecular weight excluding hydrogens is 935 g/mol. The van der Waals surface area contributed by atoms with E-state index in [1.165, 1.54) is 12.8 Å². The molecule has 1 saturated heterocycles. The fraction of sp³-hybridized carbons (Fsp3) is 0.955. The summed E-state index contributed by atoms with van der Waals surface area (Å²) in [5.41, 5.74) is 8.27. The first-order valence-corrected chi connectivity index (χ1v) is 31.6. The van der Waals surface area contributed by atoms with Crippen LogP contribution >= 0.6 is 0 Å². The SMILES string of the molecule is CCC[C@H]1CC2C3C(C[C@H](C(C)C)C(C4O[C@H](CO)[C@@H](O)[C@H](O)[C@H]4O)[C@@H]3O)C3CC[C@@]4(C)C(CC[C@]5(C)C4CC=C4C6CC(C)(C)[C@H](CC(C)C(C)CC)C(C(N)=O)[C@]6(C)[C@H](C)C[C@]45C)[C@@]3(C)[C@@H](C)C[C@@H]2[C@@H](C)[C@@H]1O. The van der Waals surface area contributed by atoms with E-state index >= 15 is 0 Å². The molecule has 9 nitrogen and oxygen atoms in total. The summed E-state index contributed by atoms with van der Waals surface area (Å²) in [5.74, 6) is 4.01. The summed E-state index contributed by atoms with van der Waals surface area (Å²) < 4.78 is 6.49. The summed E-state index contributed by atoms with van der Waals surface area (Å²) in [4.78, 5) is 14.2. The highest BCUT2D eigenvalue weighted by molar-refractivity contribution is 5.78. The van der Waals surface area contributed by atoms with Crippen molar-refractivity contribution < 1.29 is 40.2 Å². The maximum Gasteiger partial charge on any atom is 0.221 e. The van der Waals surface area contributed by atoms with Crippen LogP contribution in [0.2, 0.25) is 0 Å². The minimum Gasteiger partial charge on any atom is -0.394 e. The molecule has 1 amide bonds. The summed E-state index contributed by atoms with van der Waals surface area (Å²) in [6.07, 6.45) is 10.1. The van der Waals surface area contributed by atoms with Gasteiger partial charge in [-0.05, 0) is 210 Å². The van der Waals surface area contributed by atoms with E-state index in [9.17, 15) is 35.4 Å². The molecule has 9 aliphatic rings. The van der Waals surface area contributed by atoms with E-state index in [0.717, 1.165) is 77.0 Å². The van der Waals surface area contributed by atoms with E-state index in [1.54, 1.807) is 5.57 Å². The third kappa shape index (κ3) is 8.49. The number of hydrogen-bond donors (Lipinski definition) is 7. The first kappa shape index (κ1) is 58.6. The highest BCUT2D eigenvalue weighted by Gasteiger charge is 2.73. The molecule has 9 rings (SSSR count). The topological polar surface area (TPSA) is 174 Å². The second-order valence-corrected chi connectivity index (χ2v) is 31.5. The minimum atomic E-state index is -1.49. The van der Waals surface area contributed by atoms with Crippen molar-refractivity contribution in [3.05, 3.63) is 11.6 Å². The van der Waals surface area contributed by atoms with Crippen LogP contribution in [0.4, 0.5) is 0 Å². The molecule has 430 valence electrons. The van der Waals surface area contributed by atoms with Crippen molar-refractivity contribution in [1.29, 1.82) is 0 Å². The molecule has 0 aromatic carbocycles. The highest BCUT2D eigenvalue weighted by atomic mass is 16.5. The smallest absolute Gasteiger partial charge is 0.221 e. The Morgan fingerprint density at radius 2 is 1.43 bits per heavy atom. The number of carbonyl (C=O) groups excluding carboxylic acids is 1. The third-order valence-corrected chi connectivity index (χ3v) is 28.3. The quantitative estimate of drug-likeness (QED) is 0.106. The Morgan fingerprint density at radius 3 is 2.04 bits per heavy atom. The van der Waals surface area contributed by atoms with Gasteiger partial charge in [-0.2, -0.15) is 0 Å². The average Bonchev–Trinajstić information content (AvgIpc) is 3.34. The zero-order chi connectivity index (χ0) is 55.2. The summed E-state index contributed by atoms with van der Waals surface area (Å²) in [7, 11) is 0. The zero-order valence-corrected chi connectivity index (χ0v) is 50.3. The average molecular weight is 1050 g/mol. The molecular formula is C66H113NO8. The van der Waals surface area contributed by atoms with Crippen LogP contribution < -0.4 is 5.73 Å². The van der Waals surface area contributed by atoms with Crippen molar-refractivity contribution in [1.82, 2.24) is 0 Å². The van der Waals surface area contributed by atoms with Gasteiger partial charge >= 0.3 is 0 Å². The molecule has 75 heavy (non-hydrogen) atoms. The van der Waals surface area contributed by atoms with Crippen LogP contribution in [0.1, 0.15) is 201 Å². The molecule has 0 radical (unpaired) electrons. The predicted molar refractivity (Wildman–Crippen MR) is 299 cm³/mol. The summed E-state index contributed by atoms with van der Waals surface area (Å²) in [6.45, 7) is 39.0. The summed E-state index contributed by atoms with van der Waals surface area (Å²) in [5, 5.41) is 70.4. The Balaban J connectivity index is 1.11. The first-order valence-electron chi connectivity index (χ1n) is 31.6. The molecule has 1 heterocycles. The number of ether oxygens (including phenoxy) is 1. The van der Waals surface area contributed by atoms with E-state index in [0.29, 0.717) is 47.3 Å². The van der Waals surface area contributed by atoms with E-state index in [2.05, 4.69) is 117 Å². The van der Waals surface area contributed by atoms with Crippen molar-refractivity contribution in [2.24, 2.45) is 151 Å². The number of nitrogens with two attached hydrogens (primary N) is 1. The van der Waals surface area contributed by atoms with E-state index in [4.69, 9.17) is 10.5 Å². The van der Waals surface area contributed by atoms with Crippen molar-refractivity contribution in [3.8, 4) is 0 Å². The third-order valence-electron chi connectivity index (χ3n) is 28.3. The van der Waals surface area contributed by atoms with E-state index < -0.39 is 55.3 Å². The fourth-order valence-corrected chi connectivity index (χ4v) is 23.4. The number of aliphatic hydroxyl groups excluding tert-OH is 6. The van der Waals surface area contributed by atoms with Crippen LogP contribution in [0.5, 0.6) is 0 Å². The van der Waals surface area contributed by atoms with Crippen molar-refractivity contribution in [3.63, 3.8) is 0 Å². The Labute approximate surface area is 456 Å². The van der Waals surface area contributed by atoms with E-state index in [-0.39, 0.29) is 97.6 Å². The molecule has 0 aromatic heterocycles. The van der Waals surface area contributed by atoms with Gasteiger partial charge in [0.2, 0.25) is 5.91 Å². The summed E-state index contributed by atoms with van der Waals surface area (Å²) in [6, 6.07) is 0. The van der Waals surface area contributed by atoms with Crippen LogP contribution in [-0.4, -0.2) is 85.9 Å². The normalized spacial score (nSPS) is 55.2. The number of primary amides is 1. The molecule has 8 N–H and O–H groups in total. The lowest BCUT2D eigenvalue weighted by Gasteiger charge is -2.75. The van der Waals surface area contributed by atoms with Gasteiger partial charge in [-0.15, -0.1) is 0 Å². The molecule has 0 spiro atoms. The Morgan fingerprint density at radius 1 is 0.747 bits per heavy atom. The Hall–Kier alpha value is -1.07.